The van der Waals surface area contributed by atoms with Crippen molar-refractivity contribution in [3.63, 3.8) is 0 Å². The topological polar surface area (TPSA) is 92.7 Å². The lowest BCUT2D eigenvalue weighted by molar-refractivity contribution is -0.132. The number of benzene rings is 1. The van der Waals surface area contributed by atoms with Crippen molar-refractivity contribution in [2.24, 2.45) is 7.05 Å². The Labute approximate surface area is 182 Å². The number of alkyl carbamates (subject to hydrolysis) is 1. The minimum Gasteiger partial charge on any atom is -0.444 e. The number of hydrogen-bond donors (Lipinski definition) is 2. The van der Waals surface area contributed by atoms with E-state index in [0.29, 0.717) is 0 Å². The molecule has 3 rings (SSSR count). The lowest BCUT2D eigenvalue weighted by Crippen LogP contribution is -2.51. The highest BCUT2D eigenvalue weighted by Gasteiger charge is 2.27. The first-order valence-electron chi connectivity index (χ1n) is 10.7. The quantitative estimate of drug-likeness (QED) is 0.739. The zero-order valence-corrected chi connectivity index (χ0v) is 18.7. The van der Waals surface area contributed by atoms with Crippen LogP contribution < -0.4 is 10.6 Å². The number of rotatable bonds is 6. The highest BCUT2D eigenvalue weighted by molar-refractivity contribution is 5.91. The Kier molecular flexibility index (Phi) is 6.87. The first-order valence-corrected chi connectivity index (χ1v) is 10.7. The van der Waals surface area contributed by atoms with E-state index in [1.54, 1.807) is 25.7 Å². The van der Waals surface area contributed by atoms with Crippen molar-refractivity contribution in [2.75, 3.05) is 19.6 Å². The molecule has 0 radical (unpaired) electrons. The molecule has 168 valence electrons. The van der Waals surface area contributed by atoms with Crippen molar-refractivity contribution >= 4 is 28.8 Å². The first kappa shape index (κ1) is 22.7. The van der Waals surface area contributed by atoms with E-state index in [9.17, 15) is 14.4 Å². The van der Waals surface area contributed by atoms with Gasteiger partial charge in [-0.05, 0) is 45.2 Å². The normalized spacial score (nSPS) is 15.0. The summed E-state index contributed by atoms with van der Waals surface area (Å²) >= 11 is 0. The van der Waals surface area contributed by atoms with E-state index in [0.717, 1.165) is 42.4 Å². The van der Waals surface area contributed by atoms with Gasteiger partial charge in [-0.15, -0.1) is 0 Å². The summed E-state index contributed by atoms with van der Waals surface area (Å²) in [4.78, 5) is 39.4. The second-order valence-corrected chi connectivity index (χ2v) is 8.99. The molecule has 1 aromatic heterocycles. The minimum absolute atomic E-state index is 0.0825. The molecule has 1 aliphatic rings. The van der Waals surface area contributed by atoms with Crippen LogP contribution in [0, 0.1) is 0 Å². The van der Waals surface area contributed by atoms with E-state index in [1.807, 2.05) is 42.1 Å². The van der Waals surface area contributed by atoms with Crippen LogP contribution in [-0.4, -0.2) is 58.7 Å². The van der Waals surface area contributed by atoms with Crippen molar-refractivity contribution in [2.45, 2.75) is 51.7 Å². The molecule has 8 nitrogen and oxygen atoms in total. The molecule has 1 aromatic carbocycles. The van der Waals surface area contributed by atoms with Gasteiger partial charge in [0, 0.05) is 43.7 Å². The van der Waals surface area contributed by atoms with Gasteiger partial charge in [0.1, 0.15) is 11.6 Å². The van der Waals surface area contributed by atoms with Gasteiger partial charge in [-0.25, -0.2) is 4.79 Å². The Hall–Kier alpha value is -3.03. The fourth-order valence-electron chi connectivity index (χ4n) is 3.83. The summed E-state index contributed by atoms with van der Waals surface area (Å²) in [5, 5.41) is 6.39. The van der Waals surface area contributed by atoms with Gasteiger partial charge in [0.15, 0.2) is 0 Å². The van der Waals surface area contributed by atoms with Crippen LogP contribution in [0.2, 0.25) is 0 Å². The lowest BCUT2D eigenvalue weighted by atomic mass is 10.0. The molecule has 2 heterocycles. The molecule has 1 saturated heterocycles. The van der Waals surface area contributed by atoms with Crippen LogP contribution in [0.1, 0.15) is 39.2 Å². The maximum Gasteiger partial charge on any atom is 0.408 e. The number of hydrogen-bond acceptors (Lipinski definition) is 4. The van der Waals surface area contributed by atoms with Gasteiger partial charge in [-0.3, -0.25) is 9.59 Å². The van der Waals surface area contributed by atoms with E-state index >= 15 is 0 Å². The Morgan fingerprint density at radius 3 is 2.48 bits per heavy atom. The first-order chi connectivity index (χ1) is 14.6. The van der Waals surface area contributed by atoms with Gasteiger partial charge in [0.25, 0.3) is 0 Å². The fraction of sp³-hybridized carbons (Fsp3) is 0.522. The third-order valence-corrected chi connectivity index (χ3v) is 5.28. The molecular formula is C23H32N4O4. The monoisotopic (exact) mass is 428 g/mol. The summed E-state index contributed by atoms with van der Waals surface area (Å²) in [5.74, 6) is -0.515. The number of amides is 3. The summed E-state index contributed by atoms with van der Waals surface area (Å²) in [7, 11) is 1.94. The third kappa shape index (κ3) is 5.99. The molecule has 0 saturated carbocycles. The highest BCUT2D eigenvalue weighted by Crippen LogP contribution is 2.22. The number of para-hydroxylation sites is 1. The molecule has 1 fully saturated rings. The van der Waals surface area contributed by atoms with Crippen LogP contribution in [0.15, 0.2) is 30.5 Å². The van der Waals surface area contributed by atoms with Crippen LogP contribution in [0.25, 0.3) is 10.9 Å². The van der Waals surface area contributed by atoms with E-state index < -0.39 is 23.6 Å². The number of aromatic nitrogens is 1. The average Bonchev–Trinajstić information content (AvgIpc) is 3.33. The van der Waals surface area contributed by atoms with Crippen LogP contribution in [-0.2, 0) is 27.8 Å². The SMILES string of the molecule is Cn1cc(C[C@H](NC(=O)OC(C)(C)C)C(=O)NCC(=O)N2CCCC2)c2ccccc21. The van der Waals surface area contributed by atoms with E-state index in [4.69, 9.17) is 4.74 Å². The number of carbonyl (C=O) groups is 3. The third-order valence-electron chi connectivity index (χ3n) is 5.28. The van der Waals surface area contributed by atoms with E-state index in [-0.39, 0.29) is 18.9 Å². The van der Waals surface area contributed by atoms with Crippen LogP contribution in [0.5, 0.6) is 0 Å². The Morgan fingerprint density at radius 1 is 1.13 bits per heavy atom. The highest BCUT2D eigenvalue weighted by atomic mass is 16.6. The van der Waals surface area contributed by atoms with Crippen LogP contribution >= 0.6 is 0 Å². The van der Waals surface area contributed by atoms with E-state index in [1.165, 1.54) is 0 Å². The number of nitrogens with zero attached hydrogens (tertiary/aromatic N) is 2. The fourth-order valence-corrected chi connectivity index (χ4v) is 3.83. The minimum atomic E-state index is -0.868. The van der Waals surface area contributed by atoms with Gasteiger partial charge in [-0.1, -0.05) is 18.2 Å². The van der Waals surface area contributed by atoms with Gasteiger partial charge in [0.2, 0.25) is 11.8 Å². The van der Waals surface area contributed by atoms with Crippen molar-refractivity contribution in [1.29, 1.82) is 0 Å². The number of nitrogens with one attached hydrogen (secondary N) is 2. The second-order valence-electron chi connectivity index (χ2n) is 8.99. The van der Waals surface area contributed by atoms with Crippen molar-refractivity contribution in [1.82, 2.24) is 20.1 Å². The Balaban J connectivity index is 1.74. The molecule has 0 spiro atoms. The van der Waals surface area contributed by atoms with Crippen molar-refractivity contribution in [3.8, 4) is 0 Å². The zero-order valence-electron chi connectivity index (χ0n) is 18.7. The summed E-state index contributed by atoms with van der Waals surface area (Å²) < 4.78 is 7.34. The number of aryl methyl sites for hydroxylation is 1. The molecule has 8 heteroatoms. The van der Waals surface area contributed by atoms with Gasteiger partial charge in [0.05, 0.1) is 6.54 Å². The summed E-state index contributed by atoms with van der Waals surface area (Å²) in [6.07, 6.45) is 3.55. The van der Waals surface area contributed by atoms with Crippen LogP contribution in [0.3, 0.4) is 0 Å². The molecule has 1 aliphatic heterocycles. The van der Waals surface area contributed by atoms with Gasteiger partial charge in [-0.2, -0.15) is 0 Å². The molecule has 0 aliphatic carbocycles. The molecular weight excluding hydrogens is 396 g/mol. The summed E-state index contributed by atoms with van der Waals surface area (Å²) in [5.41, 5.74) is 1.29. The van der Waals surface area contributed by atoms with Crippen molar-refractivity contribution < 1.29 is 19.1 Å². The van der Waals surface area contributed by atoms with Gasteiger partial charge < -0.3 is 24.8 Å². The molecule has 3 amide bonds. The Morgan fingerprint density at radius 2 is 1.81 bits per heavy atom. The molecule has 0 unspecified atom stereocenters. The number of ether oxygens (including phenoxy) is 1. The predicted molar refractivity (Wildman–Crippen MR) is 119 cm³/mol. The van der Waals surface area contributed by atoms with Crippen LogP contribution in [0.4, 0.5) is 4.79 Å². The summed E-state index contributed by atoms with van der Waals surface area (Å²) in [6, 6.07) is 7.02. The van der Waals surface area contributed by atoms with Crippen molar-refractivity contribution in [3.05, 3.63) is 36.0 Å². The number of fused-ring (bicyclic) bond motifs is 1. The molecule has 2 N–H and O–H groups in total. The molecule has 0 bridgehead atoms. The Bertz CT molecular complexity index is 954. The average molecular weight is 429 g/mol. The maximum atomic E-state index is 13.0. The molecule has 2 aromatic rings. The lowest BCUT2D eigenvalue weighted by Gasteiger charge is -2.23. The van der Waals surface area contributed by atoms with Gasteiger partial charge >= 0.3 is 6.09 Å². The number of carbonyl (C=O) groups excluding carboxylic acids is 3. The van der Waals surface area contributed by atoms with E-state index in [2.05, 4.69) is 10.6 Å². The number of likely N-dealkylation sites (tertiary alicyclic amines) is 1. The zero-order chi connectivity index (χ0) is 22.6. The maximum absolute atomic E-state index is 13.0. The standard InChI is InChI=1S/C23H32N4O4/c1-23(2,3)31-22(30)25-18(21(29)24-14-20(28)27-11-7-8-12-27)13-16-15-26(4)19-10-6-5-9-17(16)19/h5-6,9-10,15,18H,7-8,11-14H2,1-4H3,(H,24,29)(H,25,30)/t18-/m0/s1. The smallest absolute Gasteiger partial charge is 0.408 e. The predicted octanol–water partition coefficient (Wildman–Crippen LogP) is 2.35. The largest absolute Gasteiger partial charge is 0.444 e. The molecule has 1 atom stereocenters. The molecule has 31 heavy (non-hydrogen) atoms. The second kappa shape index (κ2) is 9.41. The summed E-state index contributed by atoms with van der Waals surface area (Å²) in [6.45, 7) is 6.67.